The maximum absolute atomic E-state index is 5.77. The Morgan fingerprint density at radius 2 is 2.06 bits per heavy atom. The highest BCUT2D eigenvalue weighted by molar-refractivity contribution is 6.17. The highest BCUT2D eigenvalue weighted by atomic mass is 35.5. The number of pyridine rings is 1. The molecule has 0 radical (unpaired) electrons. The minimum atomic E-state index is -0.128. The van der Waals surface area contributed by atoms with E-state index in [1.54, 1.807) is 12.4 Å². The van der Waals surface area contributed by atoms with Gasteiger partial charge in [-0.1, -0.05) is 0 Å². The third kappa shape index (κ3) is 4.81. The van der Waals surface area contributed by atoms with E-state index in [4.69, 9.17) is 21.1 Å². The molecule has 0 unspecified atom stereocenters. The Hall–Kier alpha value is -0.800. The zero-order valence-corrected chi connectivity index (χ0v) is 10.8. The second-order valence-electron chi connectivity index (χ2n) is 4.43. The molecule has 0 spiro atoms. The summed E-state index contributed by atoms with van der Waals surface area (Å²) in [6.45, 7) is 7.13. The Kier molecular flexibility index (Phi) is 5.03. The second kappa shape index (κ2) is 6.06. The minimum Gasteiger partial charge on any atom is -0.491 e. The van der Waals surface area contributed by atoms with Crippen molar-refractivity contribution in [2.24, 2.45) is 0 Å². The maximum atomic E-state index is 5.77. The molecule has 0 amide bonds. The molecule has 16 heavy (non-hydrogen) atoms. The second-order valence-corrected chi connectivity index (χ2v) is 4.69. The van der Waals surface area contributed by atoms with E-state index in [2.05, 4.69) is 4.98 Å². The summed E-state index contributed by atoms with van der Waals surface area (Å²) >= 11 is 5.77. The lowest BCUT2D eigenvalue weighted by Gasteiger charge is -2.19. The molecule has 0 saturated carbocycles. The summed E-state index contributed by atoms with van der Waals surface area (Å²) < 4.78 is 11.1. The number of halogens is 1. The quantitative estimate of drug-likeness (QED) is 0.589. The molecule has 0 saturated heterocycles. The smallest absolute Gasteiger partial charge is 0.126 e. The zero-order chi connectivity index (χ0) is 12.0. The SMILES string of the molecule is CC(C)(C)OCCOc1ccncc1CCl. The van der Waals surface area contributed by atoms with Gasteiger partial charge in [0.25, 0.3) is 0 Å². The molecule has 1 aromatic rings. The van der Waals surface area contributed by atoms with Gasteiger partial charge >= 0.3 is 0 Å². The summed E-state index contributed by atoms with van der Waals surface area (Å²) in [6, 6.07) is 1.81. The number of ether oxygens (including phenoxy) is 2. The van der Waals surface area contributed by atoms with Gasteiger partial charge < -0.3 is 9.47 Å². The topological polar surface area (TPSA) is 31.4 Å². The van der Waals surface area contributed by atoms with Crippen LogP contribution in [0.1, 0.15) is 26.3 Å². The molecule has 1 heterocycles. The maximum Gasteiger partial charge on any atom is 0.126 e. The van der Waals surface area contributed by atoms with E-state index in [0.29, 0.717) is 19.1 Å². The molecule has 0 aliphatic rings. The van der Waals surface area contributed by atoms with E-state index >= 15 is 0 Å². The summed E-state index contributed by atoms with van der Waals surface area (Å²) in [6.07, 6.45) is 3.41. The van der Waals surface area contributed by atoms with E-state index in [0.717, 1.165) is 11.3 Å². The lowest BCUT2D eigenvalue weighted by atomic mass is 10.2. The van der Waals surface area contributed by atoms with Gasteiger partial charge in [-0.3, -0.25) is 4.98 Å². The van der Waals surface area contributed by atoms with Crippen molar-refractivity contribution in [2.45, 2.75) is 32.3 Å². The van der Waals surface area contributed by atoms with Gasteiger partial charge in [0.15, 0.2) is 0 Å². The number of hydrogen-bond acceptors (Lipinski definition) is 3. The van der Waals surface area contributed by atoms with E-state index in [9.17, 15) is 0 Å². The fourth-order valence-electron chi connectivity index (χ4n) is 1.16. The lowest BCUT2D eigenvalue weighted by Crippen LogP contribution is -2.22. The number of nitrogens with zero attached hydrogens (tertiary/aromatic N) is 1. The Morgan fingerprint density at radius 1 is 1.31 bits per heavy atom. The molecule has 90 valence electrons. The largest absolute Gasteiger partial charge is 0.491 e. The van der Waals surface area contributed by atoms with Crippen LogP contribution >= 0.6 is 11.6 Å². The summed E-state index contributed by atoms with van der Waals surface area (Å²) in [5.41, 5.74) is 0.775. The molecule has 0 aliphatic carbocycles. The molecular formula is C12H18ClNO2. The van der Waals surface area contributed by atoms with Crippen LogP contribution in [0.4, 0.5) is 0 Å². The highest BCUT2D eigenvalue weighted by Crippen LogP contribution is 2.18. The molecular weight excluding hydrogens is 226 g/mol. The monoisotopic (exact) mass is 243 g/mol. The van der Waals surface area contributed by atoms with E-state index < -0.39 is 0 Å². The standard InChI is InChI=1S/C12H18ClNO2/c1-12(2,3)16-7-6-15-11-4-5-14-9-10(11)8-13/h4-5,9H,6-8H2,1-3H3. The van der Waals surface area contributed by atoms with Crippen LogP contribution in [0, 0.1) is 0 Å². The molecule has 1 aromatic heterocycles. The van der Waals surface area contributed by atoms with Crippen molar-refractivity contribution in [3.8, 4) is 5.75 Å². The van der Waals surface area contributed by atoms with E-state index in [-0.39, 0.29) is 5.60 Å². The van der Waals surface area contributed by atoms with Crippen LogP contribution in [0.25, 0.3) is 0 Å². The van der Waals surface area contributed by atoms with Crippen molar-refractivity contribution in [1.29, 1.82) is 0 Å². The van der Waals surface area contributed by atoms with E-state index in [1.165, 1.54) is 0 Å². The number of alkyl halides is 1. The van der Waals surface area contributed by atoms with Crippen LogP contribution in [0.3, 0.4) is 0 Å². The van der Waals surface area contributed by atoms with Gasteiger partial charge in [0.1, 0.15) is 12.4 Å². The van der Waals surface area contributed by atoms with E-state index in [1.807, 2.05) is 26.8 Å². The Bertz CT molecular complexity index is 323. The first kappa shape index (κ1) is 13.3. The Morgan fingerprint density at radius 3 is 2.69 bits per heavy atom. The van der Waals surface area contributed by atoms with Gasteiger partial charge in [-0.25, -0.2) is 0 Å². The predicted molar refractivity (Wildman–Crippen MR) is 65.0 cm³/mol. The molecule has 0 atom stereocenters. The molecule has 4 heteroatoms. The molecule has 0 aliphatic heterocycles. The highest BCUT2D eigenvalue weighted by Gasteiger charge is 2.09. The molecule has 3 nitrogen and oxygen atoms in total. The van der Waals surface area contributed by atoms with Gasteiger partial charge in [0, 0.05) is 18.0 Å². The first-order valence-electron chi connectivity index (χ1n) is 5.28. The summed E-state index contributed by atoms with van der Waals surface area (Å²) in [5, 5.41) is 0. The van der Waals surface area contributed by atoms with Crippen LogP contribution in [0.15, 0.2) is 18.5 Å². The van der Waals surface area contributed by atoms with Gasteiger partial charge in [-0.05, 0) is 26.8 Å². The Labute approximate surface area is 102 Å². The van der Waals surface area contributed by atoms with Gasteiger partial charge in [-0.2, -0.15) is 0 Å². The normalized spacial score (nSPS) is 11.5. The molecule has 0 bridgehead atoms. The third-order valence-corrected chi connectivity index (χ3v) is 2.17. The fourth-order valence-corrected chi connectivity index (χ4v) is 1.36. The van der Waals surface area contributed by atoms with Gasteiger partial charge in [0.05, 0.1) is 18.1 Å². The lowest BCUT2D eigenvalue weighted by molar-refractivity contribution is -0.0163. The number of hydrogen-bond donors (Lipinski definition) is 0. The number of aromatic nitrogens is 1. The van der Waals surface area contributed by atoms with Crippen molar-refractivity contribution in [1.82, 2.24) is 4.98 Å². The van der Waals surface area contributed by atoms with Crippen LogP contribution in [-0.4, -0.2) is 23.8 Å². The van der Waals surface area contributed by atoms with Crippen molar-refractivity contribution in [3.05, 3.63) is 24.0 Å². The summed E-state index contributed by atoms with van der Waals surface area (Å²) in [5.74, 6) is 1.19. The average Bonchev–Trinajstić information content (AvgIpc) is 2.23. The first-order valence-corrected chi connectivity index (χ1v) is 5.82. The molecule has 1 rings (SSSR count). The molecule has 0 fully saturated rings. The molecule has 0 N–H and O–H groups in total. The minimum absolute atomic E-state index is 0.128. The average molecular weight is 244 g/mol. The molecule has 0 aromatic carbocycles. The van der Waals surface area contributed by atoms with Crippen molar-refractivity contribution >= 4 is 11.6 Å². The van der Waals surface area contributed by atoms with Crippen molar-refractivity contribution < 1.29 is 9.47 Å². The van der Waals surface area contributed by atoms with Crippen molar-refractivity contribution in [3.63, 3.8) is 0 Å². The van der Waals surface area contributed by atoms with Gasteiger partial charge in [0.2, 0.25) is 0 Å². The summed E-state index contributed by atoms with van der Waals surface area (Å²) in [7, 11) is 0. The van der Waals surface area contributed by atoms with Crippen LogP contribution in [-0.2, 0) is 10.6 Å². The third-order valence-electron chi connectivity index (χ3n) is 1.88. The zero-order valence-electron chi connectivity index (χ0n) is 10.00. The van der Waals surface area contributed by atoms with Crippen molar-refractivity contribution in [2.75, 3.05) is 13.2 Å². The van der Waals surface area contributed by atoms with Gasteiger partial charge in [-0.15, -0.1) is 11.6 Å². The first-order chi connectivity index (χ1) is 7.53. The predicted octanol–water partition coefficient (Wildman–Crippen LogP) is 3.01. The summed E-state index contributed by atoms with van der Waals surface area (Å²) in [4.78, 5) is 3.99. The van der Waals surface area contributed by atoms with Crippen LogP contribution in [0.2, 0.25) is 0 Å². The number of rotatable bonds is 5. The van der Waals surface area contributed by atoms with Crippen LogP contribution < -0.4 is 4.74 Å². The van der Waals surface area contributed by atoms with Crippen LogP contribution in [0.5, 0.6) is 5.75 Å². The Balaban J connectivity index is 2.37. The fraction of sp³-hybridized carbons (Fsp3) is 0.583.